The van der Waals surface area contributed by atoms with Gasteiger partial charge in [-0.05, 0) is 54.4 Å². The smallest absolute Gasteiger partial charge is 0.335 e. The van der Waals surface area contributed by atoms with Crippen LogP contribution in [0.2, 0.25) is 0 Å². The van der Waals surface area contributed by atoms with Gasteiger partial charge < -0.3 is 10.1 Å². The van der Waals surface area contributed by atoms with Crippen molar-refractivity contribution in [2.75, 3.05) is 6.54 Å². The average Bonchev–Trinajstić information content (AvgIpc) is 3.26. The fourth-order valence-corrected chi connectivity index (χ4v) is 4.39. The van der Waals surface area contributed by atoms with Crippen LogP contribution < -0.4 is 11.2 Å². The van der Waals surface area contributed by atoms with Crippen molar-refractivity contribution in [3.63, 3.8) is 0 Å². The Bertz CT molecular complexity index is 1700. The van der Waals surface area contributed by atoms with Gasteiger partial charge in [-0.1, -0.05) is 46.3 Å². The topological polar surface area (TPSA) is 103 Å². The van der Waals surface area contributed by atoms with Gasteiger partial charge in [0.15, 0.2) is 0 Å². The van der Waals surface area contributed by atoms with Crippen LogP contribution in [0.25, 0.3) is 16.6 Å². The Morgan fingerprint density at radius 2 is 1.78 bits per heavy atom. The van der Waals surface area contributed by atoms with Crippen molar-refractivity contribution in [3.05, 3.63) is 127 Å². The summed E-state index contributed by atoms with van der Waals surface area (Å²) in [6.45, 7) is 0.254. The minimum absolute atomic E-state index is 0.117. The first kappa shape index (κ1) is 23.5. The molecule has 0 aliphatic rings. The molecule has 0 saturated carbocycles. The van der Waals surface area contributed by atoms with Crippen LogP contribution in [-0.2, 0) is 6.42 Å². The summed E-state index contributed by atoms with van der Waals surface area (Å²) < 4.78 is 15.6. The number of benzene rings is 3. The van der Waals surface area contributed by atoms with Gasteiger partial charge >= 0.3 is 5.69 Å². The van der Waals surface area contributed by atoms with Crippen molar-refractivity contribution in [2.45, 2.75) is 6.42 Å². The number of H-pyrrole nitrogens is 2. The number of aromatic hydroxyl groups is 1. The Morgan fingerprint density at radius 3 is 2.53 bits per heavy atom. The van der Waals surface area contributed by atoms with E-state index in [9.17, 15) is 19.1 Å². The standard InChI is InChI=1S/C27H20BrFN4O3/c28-18-6-9-20(10-7-18)33-26(35)23(25(34)32-27(33)36)24(16-4-2-1-3-5-16)30-13-12-17-15-31-22-11-8-19(29)14-21(17)22/h1-11,14-15,31,35H,12-13H2,(H,32,34,36). The molecule has 2 aromatic heterocycles. The van der Waals surface area contributed by atoms with Crippen LogP contribution in [0.15, 0.2) is 98.0 Å². The molecule has 0 atom stereocenters. The summed E-state index contributed by atoms with van der Waals surface area (Å²) >= 11 is 3.35. The molecule has 7 nitrogen and oxygen atoms in total. The Hall–Kier alpha value is -4.24. The number of aliphatic imine (C=N–C) groups is 1. The Balaban J connectivity index is 1.60. The predicted octanol–water partition coefficient (Wildman–Crippen LogP) is 4.69. The summed E-state index contributed by atoms with van der Waals surface area (Å²) in [5, 5.41) is 11.9. The number of fused-ring (bicyclic) bond motifs is 1. The molecule has 3 aromatic carbocycles. The van der Waals surface area contributed by atoms with Gasteiger partial charge in [-0.15, -0.1) is 0 Å². The maximum Gasteiger partial charge on any atom is 0.335 e. The van der Waals surface area contributed by atoms with E-state index in [0.29, 0.717) is 17.7 Å². The number of aromatic nitrogens is 3. The molecule has 0 saturated heterocycles. The third-order valence-electron chi connectivity index (χ3n) is 5.84. The quantitative estimate of drug-likeness (QED) is 0.269. The highest BCUT2D eigenvalue weighted by Crippen LogP contribution is 2.23. The summed E-state index contributed by atoms with van der Waals surface area (Å²) in [6.07, 6.45) is 2.27. The lowest BCUT2D eigenvalue weighted by atomic mass is 10.0. The van der Waals surface area contributed by atoms with E-state index in [-0.39, 0.29) is 23.6 Å². The molecular formula is C27H20BrFN4O3. The third kappa shape index (κ3) is 4.52. The Kier molecular flexibility index (Phi) is 6.39. The fraction of sp³-hybridized carbons (Fsp3) is 0.0741. The first-order chi connectivity index (χ1) is 17.4. The van der Waals surface area contributed by atoms with Crippen molar-refractivity contribution in [1.82, 2.24) is 14.5 Å². The number of nitrogens with one attached hydrogen (secondary N) is 2. The number of nitrogens with zero attached hydrogens (tertiary/aromatic N) is 2. The van der Waals surface area contributed by atoms with Crippen molar-refractivity contribution >= 4 is 32.5 Å². The molecule has 0 unspecified atom stereocenters. The van der Waals surface area contributed by atoms with Gasteiger partial charge in [0, 0.05) is 33.7 Å². The van der Waals surface area contributed by atoms with Crippen molar-refractivity contribution in [1.29, 1.82) is 0 Å². The second-order valence-electron chi connectivity index (χ2n) is 8.12. The highest BCUT2D eigenvalue weighted by molar-refractivity contribution is 9.10. The highest BCUT2D eigenvalue weighted by atomic mass is 79.9. The van der Waals surface area contributed by atoms with E-state index in [1.807, 2.05) is 6.07 Å². The highest BCUT2D eigenvalue weighted by Gasteiger charge is 2.21. The van der Waals surface area contributed by atoms with E-state index in [1.165, 1.54) is 12.1 Å². The molecule has 0 spiro atoms. The van der Waals surface area contributed by atoms with Gasteiger partial charge in [0.1, 0.15) is 11.4 Å². The normalized spacial score (nSPS) is 11.8. The van der Waals surface area contributed by atoms with Gasteiger partial charge in [-0.2, -0.15) is 0 Å². The summed E-state index contributed by atoms with van der Waals surface area (Å²) in [6, 6.07) is 20.2. The minimum atomic E-state index is -0.767. The second kappa shape index (κ2) is 9.79. The molecule has 0 amide bonds. The number of hydrogen-bond acceptors (Lipinski definition) is 4. The number of hydrogen-bond donors (Lipinski definition) is 3. The third-order valence-corrected chi connectivity index (χ3v) is 6.36. The molecule has 0 fully saturated rings. The molecule has 0 aliphatic heterocycles. The SMILES string of the molecule is O=c1[nH]c(=O)n(-c2ccc(Br)cc2)c(O)c1C(=NCCc1c[nH]c2ccc(F)cc12)c1ccccc1. The minimum Gasteiger partial charge on any atom is -0.493 e. The van der Waals surface area contributed by atoms with Gasteiger partial charge in [0.25, 0.3) is 5.56 Å². The summed E-state index contributed by atoms with van der Waals surface area (Å²) in [5.41, 5.74) is 1.28. The average molecular weight is 547 g/mol. The summed E-state index contributed by atoms with van der Waals surface area (Å²) in [4.78, 5) is 35.7. The largest absolute Gasteiger partial charge is 0.493 e. The van der Waals surface area contributed by atoms with Crippen LogP contribution in [0, 0.1) is 5.82 Å². The lowest BCUT2D eigenvalue weighted by Gasteiger charge is -2.14. The van der Waals surface area contributed by atoms with E-state index < -0.39 is 17.1 Å². The second-order valence-corrected chi connectivity index (χ2v) is 9.04. The first-order valence-corrected chi connectivity index (χ1v) is 11.9. The molecule has 36 heavy (non-hydrogen) atoms. The van der Waals surface area contributed by atoms with Crippen molar-refractivity contribution in [2.24, 2.45) is 4.99 Å². The number of halogens is 2. The molecular weight excluding hydrogens is 527 g/mol. The van der Waals surface area contributed by atoms with Crippen LogP contribution in [-0.4, -0.2) is 31.9 Å². The lowest BCUT2D eigenvalue weighted by Crippen LogP contribution is -2.33. The predicted molar refractivity (Wildman–Crippen MR) is 141 cm³/mol. The van der Waals surface area contributed by atoms with Crippen LogP contribution in [0.3, 0.4) is 0 Å². The van der Waals surface area contributed by atoms with E-state index in [0.717, 1.165) is 25.5 Å². The zero-order chi connectivity index (χ0) is 25.2. The maximum absolute atomic E-state index is 13.8. The van der Waals surface area contributed by atoms with Gasteiger partial charge in [0.2, 0.25) is 5.88 Å². The van der Waals surface area contributed by atoms with E-state index in [1.54, 1.807) is 60.8 Å². The first-order valence-electron chi connectivity index (χ1n) is 11.1. The lowest BCUT2D eigenvalue weighted by molar-refractivity contribution is 0.430. The van der Waals surface area contributed by atoms with Gasteiger partial charge in [-0.25, -0.2) is 13.8 Å². The molecule has 0 aliphatic carbocycles. The molecule has 0 bridgehead atoms. The van der Waals surface area contributed by atoms with Crippen LogP contribution in [0.5, 0.6) is 5.88 Å². The number of aromatic amines is 2. The fourth-order valence-electron chi connectivity index (χ4n) is 4.12. The van der Waals surface area contributed by atoms with Crippen molar-refractivity contribution < 1.29 is 9.50 Å². The van der Waals surface area contributed by atoms with Gasteiger partial charge in [0.05, 0.1) is 11.4 Å². The molecule has 5 aromatic rings. The van der Waals surface area contributed by atoms with Crippen LogP contribution in [0.1, 0.15) is 16.7 Å². The zero-order valence-electron chi connectivity index (χ0n) is 18.8. The maximum atomic E-state index is 13.8. The van der Waals surface area contributed by atoms with Crippen LogP contribution >= 0.6 is 15.9 Å². The Labute approximate surface area is 212 Å². The number of rotatable bonds is 6. The molecule has 2 heterocycles. The molecule has 3 N–H and O–H groups in total. The summed E-state index contributed by atoms with van der Waals surface area (Å²) in [5.74, 6) is -0.841. The van der Waals surface area contributed by atoms with Crippen LogP contribution in [0.4, 0.5) is 4.39 Å². The molecule has 0 radical (unpaired) electrons. The monoisotopic (exact) mass is 546 g/mol. The molecule has 9 heteroatoms. The van der Waals surface area contributed by atoms with Crippen molar-refractivity contribution in [3.8, 4) is 11.6 Å². The molecule has 180 valence electrons. The Morgan fingerprint density at radius 1 is 1.03 bits per heavy atom. The zero-order valence-corrected chi connectivity index (χ0v) is 20.4. The molecule has 5 rings (SSSR count). The van der Waals surface area contributed by atoms with E-state index in [4.69, 9.17) is 0 Å². The van der Waals surface area contributed by atoms with E-state index >= 15 is 0 Å². The van der Waals surface area contributed by atoms with E-state index in [2.05, 4.69) is 30.9 Å². The van der Waals surface area contributed by atoms with Gasteiger partial charge in [-0.3, -0.25) is 14.8 Å². The summed E-state index contributed by atoms with van der Waals surface area (Å²) in [7, 11) is 0.